The summed E-state index contributed by atoms with van der Waals surface area (Å²) < 4.78 is 5.35. The summed E-state index contributed by atoms with van der Waals surface area (Å²) in [6, 6.07) is 7.27. The Labute approximate surface area is 111 Å². The SMILES string of the molecule is COc1cc(C)c(C)cc1-c1nc(N)cc(C#N)n1. The lowest BCUT2D eigenvalue weighted by atomic mass is 10.0. The lowest BCUT2D eigenvalue weighted by Gasteiger charge is -2.11. The Morgan fingerprint density at radius 3 is 2.47 bits per heavy atom. The van der Waals surface area contributed by atoms with E-state index >= 15 is 0 Å². The van der Waals surface area contributed by atoms with E-state index in [4.69, 9.17) is 15.7 Å². The van der Waals surface area contributed by atoms with Crippen molar-refractivity contribution in [2.45, 2.75) is 13.8 Å². The van der Waals surface area contributed by atoms with Gasteiger partial charge in [-0.1, -0.05) is 0 Å². The number of rotatable bonds is 2. The third kappa shape index (κ3) is 2.47. The molecule has 0 unspecified atom stereocenters. The van der Waals surface area contributed by atoms with Gasteiger partial charge in [0.15, 0.2) is 5.82 Å². The molecule has 0 atom stereocenters. The zero-order valence-corrected chi connectivity index (χ0v) is 11.1. The number of hydrogen-bond donors (Lipinski definition) is 1. The van der Waals surface area contributed by atoms with Crippen molar-refractivity contribution in [3.05, 3.63) is 35.0 Å². The number of benzene rings is 1. The topological polar surface area (TPSA) is 84.8 Å². The van der Waals surface area contributed by atoms with Crippen LogP contribution in [0.4, 0.5) is 5.82 Å². The number of nitrogens with two attached hydrogens (primary N) is 1. The van der Waals surface area contributed by atoms with Crippen LogP contribution in [0.3, 0.4) is 0 Å². The first-order valence-electron chi connectivity index (χ1n) is 5.75. The zero-order chi connectivity index (χ0) is 14.0. The van der Waals surface area contributed by atoms with E-state index in [0.717, 1.165) is 16.7 Å². The average molecular weight is 254 g/mol. The Morgan fingerprint density at radius 2 is 1.84 bits per heavy atom. The van der Waals surface area contributed by atoms with E-state index in [0.29, 0.717) is 11.6 Å². The Kier molecular flexibility index (Phi) is 3.34. The van der Waals surface area contributed by atoms with Gasteiger partial charge in [0.2, 0.25) is 0 Å². The molecule has 0 spiro atoms. The van der Waals surface area contributed by atoms with Gasteiger partial charge in [0.1, 0.15) is 23.3 Å². The molecule has 0 fully saturated rings. The van der Waals surface area contributed by atoms with Crippen LogP contribution in [-0.2, 0) is 0 Å². The molecular weight excluding hydrogens is 240 g/mol. The molecule has 5 heteroatoms. The largest absolute Gasteiger partial charge is 0.496 e. The van der Waals surface area contributed by atoms with Crippen LogP contribution in [0.2, 0.25) is 0 Å². The monoisotopic (exact) mass is 254 g/mol. The van der Waals surface area contributed by atoms with Gasteiger partial charge in [-0.3, -0.25) is 0 Å². The normalized spacial score (nSPS) is 10.0. The number of ether oxygens (including phenoxy) is 1. The molecule has 0 amide bonds. The molecular formula is C14H14N4O. The number of nitrogens with zero attached hydrogens (tertiary/aromatic N) is 3. The van der Waals surface area contributed by atoms with Gasteiger partial charge >= 0.3 is 0 Å². The Bertz CT molecular complexity index is 674. The minimum Gasteiger partial charge on any atom is -0.496 e. The maximum Gasteiger partial charge on any atom is 0.166 e. The van der Waals surface area contributed by atoms with Gasteiger partial charge in [-0.2, -0.15) is 5.26 Å². The molecule has 0 aliphatic rings. The molecule has 0 saturated heterocycles. The molecule has 1 heterocycles. The lowest BCUT2D eigenvalue weighted by molar-refractivity contribution is 0.415. The maximum absolute atomic E-state index is 8.93. The number of aromatic nitrogens is 2. The predicted octanol–water partition coefficient (Wildman–Crippen LogP) is 2.22. The summed E-state index contributed by atoms with van der Waals surface area (Å²) in [6.07, 6.45) is 0. The van der Waals surface area contributed by atoms with Gasteiger partial charge in [-0.05, 0) is 37.1 Å². The maximum atomic E-state index is 8.93. The molecule has 0 bridgehead atoms. The molecule has 0 saturated carbocycles. The molecule has 0 radical (unpaired) electrons. The molecule has 5 nitrogen and oxygen atoms in total. The first-order chi connectivity index (χ1) is 9.05. The number of hydrogen-bond acceptors (Lipinski definition) is 5. The van der Waals surface area contributed by atoms with Gasteiger partial charge in [-0.15, -0.1) is 0 Å². The molecule has 0 aliphatic carbocycles. The fourth-order valence-corrected chi connectivity index (χ4v) is 1.78. The summed E-state index contributed by atoms with van der Waals surface area (Å²) >= 11 is 0. The molecule has 1 aromatic carbocycles. The third-order valence-corrected chi connectivity index (χ3v) is 2.92. The van der Waals surface area contributed by atoms with Crippen molar-refractivity contribution in [1.82, 2.24) is 9.97 Å². The number of nitriles is 1. The van der Waals surface area contributed by atoms with Crippen LogP contribution in [0.1, 0.15) is 16.8 Å². The van der Waals surface area contributed by atoms with E-state index in [-0.39, 0.29) is 11.5 Å². The van der Waals surface area contributed by atoms with Crippen LogP contribution in [0, 0.1) is 25.2 Å². The quantitative estimate of drug-likeness (QED) is 0.888. The molecule has 2 N–H and O–H groups in total. The summed E-state index contributed by atoms with van der Waals surface area (Å²) in [5.74, 6) is 1.33. The molecule has 2 aromatic rings. The van der Waals surface area contributed by atoms with Crippen molar-refractivity contribution in [2.24, 2.45) is 0 Å². The smallest absolute Gasteiger partial charge is 0.166 e. The zero-order valence-electron chi connectivity index (χ0n) is 11.1. The van der Waals surface area contributed by atoms with Crippen LogP contribution in [0.25, 0.3) is 11.4 Å². The third-order valence-electron chi connectivity index (χ3n) is 2.92. The van der Waals surface area contributed by atoms with Crippen LogP contribution >= 0.6 is 0 Å². The molecule has 0 aliphatic heterocycles. The second kappa shape index (κ2) is 4.94. The van der Waals surface area contributed by atoms with E-state index in [1.807, 2.05) is 32.0 Å². The van der Waals surface area contributed by atoms with E-state index < -0.39 is 0 Å². The average Bonchev–Trinajstić information content (AvgIpc) is 2.40. The van der Waals surface area contributed by atoms with Gasteiger partial charge in [0.05, 0.1) is 12.7 Å². The van der Waals surface area contributed by atoms with Crippen molar-refractivity contribution in [2.75, 3.05) is 12.8 Å². The second-order valence-corrected chi connectivity index (χ2v) is 4.25. The highest BCUT2D eigenvalue weighted by atomic mass is 16.5. The molecule has 19 heavy (non-hydrogen) atoms. The van der Waals surface area contributed by atoms with Crippen molar-refractivity contribution >= 4 is 5.82 Å². The Morgan fingerprint density at radius 1 is 1.16 bits per heavy atom. The molecule has 2 rings (SSSR count). The lowest BCUT2D eigenvalue weighted by Crippen LogP contribution is -2.00. The number of anilines is 1. The highest BCUT2D eigenvalue weighted by Gasteiger charge is 2.12. The van der Waals surface area contributed by atoms with Crippen LogP contribution in [0.15, 0.2) is 18.2 Å². The summed E-state index contributed by atoms with van der Waals surface area (Å²) in [6.45, 7) is 4.00. The van der Waals surface area contributed by atoms with Gasteiger partial charge in [0, 0.05) is 6.07 Å². The fourth-order valence-electron chi connectivity index (χ4n) is 1.78. The van der Waals surface area contributed by atoms with Gasteiger partial charge < -0.3 is 10.5 Å². The van der Waals surface area contributed by atoms with Gasteiger partial charge in [-0.25, -0.2) is 9.97 Å². The summed E-state index contributed by atoms with van der Waals surface area (Å²) in [5, 5.41) is 8.93. The molecule has 1 aromatic heterocycles. The van der Waals surface area contributed by atoms with E-state index in [9.17, 15) is 0 Å². The van der Waals surface area contributed by atoms with Crippen molar-refractivity contribution in [1.29, 1.82) is 5.26 Å². The van der Waals surface area contributed by atoms with Crippen LogP contribution in [0.5, 0.6) is 5.75 Å². The van der Waals surface area contributed by atoms with E-state index in [2.05, 4.69) is 9.97 Å². The second-order valence-electron chi connectivity index (χ2n) is 4.25. The number of methoxy groups -OCH3 is 1. The Balaban J connectivity index is 2.68. The minimum atomic E-state index is 0.239. The minimum absolute atomic E-state index is 0.239. The van der Waals surface area contributed by atoms with Gasteiger partial charge in [0.25, 0.3) is 0 Å². The number of aryl methyl sites for hydroxylation is 2. The fraction of sp³-hybridized carbons (Fsp3) is 0.214. The molecule has 96 valence electrons. The van der Waals surface area contributed by atoms with E-state index in [1.54, 1.807) is 7.11 Å². The van der Waals surface area contributed by atoms with Crippen molar-refractivity contribution in [3.63, 3.8) is 0 Å². The number of nitrogen functional groups attached to an aromatic ring is 1. The Hall–Kier alpha value is -2.61. The first kappa shape index (κ1) is 12.8. The first-order valence-corrected chi connectivity index (χ1v) is 5.75. The summed E-state index contributed by atoms with van der Waals surface area (Å²) in [4.78, 5) is 8.34. The highest BCUT2D eigenvalue weighted by Crippen LogP contribution is 2.30. The highest BCUT2D eigenvalue weighted by molar-refractivity contribution is 5.67. The van der Waals surface area contributed by atoms with Crippen LogP contribution in [-0.4, -0.2) is 17.1 Å². The standard InChI is InChI=1S/C14H14N4O/c1-8-4-11(12(19-3)5-9(8)2)14-17-10(7-15)6-13(16)18-14/h4-6H,1-3H3,(H2,16,17,18). The van der Waals surface area contributed by atoms with Crippen molar-refractivity contribution < 1.29 is 4.74 Å². The predicted molar refractivity (Wildman–Crippen MR) is 72.6 cm³/mol. The van der Waals surface area contributed by atoms with Crippen molar-refractivity contribution in [3.8, 4) is 23.2 Å². The van der Waals surface area contributed by atoms with Crippen LogP contribution < -0.4 is 10.5 Å². The van der Waals surface area contributed by atoms with E-state index in [1.165, 1.54) is 6.07 Å². The summed E-state index contributed by atoms with van der Waals surface area (Å²) in [7, 11) is 1.59. The summed E-state index contributed by atoms with van der Waals surface area (Å²) in [5.41, 5.74) is 8.87.